The zero-order valence-electron chi connectivity index (χ0n) is 15.0. The number of aromatic nitrogens is 1. The number of para-hydroxylation sites is 1. The van der Waals surface area contributed by atoms with E-state index in [1.54, 1.807) is 10.4 Å². The fourth-order valence-corrected chi connectivity index (χ4v) is 6.68. The quantitative estimate of drug-likeness (QED) is 0.510. The number of pyridine rings is 1. The van der Waals surface area contributed by atoms with Crippen LogP contribution in [0.3, 0.4) is 0 Å². The minimum atomic E-state index is 0.171. The van der Waals surface area contributed by atoms with Crippen molar-refractivity contribution in [2.24, 2.45) is 0 Å². The predicted octanol–water partition coefficient (Wildman–Crippen LogP) is 6.35. The topological polar surface area (TPSA) is 16.1 Å². The lowest BCUT2D eigenvalue weighted by molar-refractivity contribution is 0.288. The van der Waals surface area contributed by atoms with Gasteiger partial charge in [0, 0.05) is 27.7 Å². The van der Waals surface area contributed by atoms with Crippen LogP contribution < -0.4 is 4.90 Å². The molecule has 25 heavy (non-hydrogen) atoms. The molecule has 1 saturated carbocycles. The van der Waals surface area contributed by atoms with Crippen molar-refractivity contribution in [1.82, 2.24) is 4.98 Å². The molecule has 2 aliphatic rings. The van der Waals surface area contributed by atoms with Crippen molar-refractivity contribution in [3.63, 3.8) is 0 Å². The van der Waals surface area contributed by atoms with Gasteiger partial charge in [0.25, 0.3) is 0 Å². The zero-order chi connectivity index (χ0) is 17.0. The molecule has 1 aliphatic heterocycles. The summed E-state index contributed by atoms with van der Waals surface area (Å²) in [6.07, 6.45) is 8.50. The molecule has 3 aromatic rings. The number of nitrogens with zero attached hydrogens (tertiary/aromatic N) is 2. The fourth-order valence-electron chi connectivity index (χ4n) is 5.20. The molecule has 2 nitrogen and oxygen atoms in total. The molecular weight excluding hydrogens is 324 g/mol. The highest BCUT2D eigenvalue weighted by atomic mass is 32.1. The molecule has 5 rings (SSSR count). The monoisotopic (exact) mass is 348 g/mol. The number of rotatable bonds is 1. The normalized spacial score (nSPS) is 21.8. The van der Waals surface area contributed by atoms with E-state index in [1.807, 2.05) is 17.5 Å². The first kappa shape index (κ1) is 15.4. The highest BCUT2D eigenvalue weighted by Gasteiger charge is 2.51. The van der Waals surface area contributed by atoms with Crippen LogP contribution in [0.1, 0.15) is 61.1 Å². The van der Waals surface area contributed by atoms with E-state index in [1.165, 1.54) is 53.6 Å². The standard InChI is InChI=1S/C22H24N2S/c1-15-9-4-5-11-18(15)24-16(2)19-17-10-8-14-23-21(17)25-20(19)22(24)12-6-3-7-13-22/h4-5,8-11,14,16H,3,6-7,12-13H2,1-2H3/t16-/m0/s1. The van der Waals surface area contributed by atoms with Gasteiger partial charge in [0.1, 0.15) is 4.83 Å². The second-order valence-corrected chi connectivity index (χ2v) is 8.62. The smallest absolute Gasteiger partial charge is 0.123 e. The first-order chi connectivity index (χ1) is 12.2. The van der Waals surface area contributed by atoms with Crippen LogP contribution in [0.2, 0.25) is 0 Å². The Morgan fingerprint density at radius 3 is 2.68 bits per heavy atom. The lowest BCUT2D eigenvalue weighted by atomic mass is 9.80. The Balaban J connectivity index is 1.78. The Morgan fingerprint density at radius 2 is 1.88 bits per heavy atom. The molecule has 0 radical (unpaired) electrons. The minimum absolute atomic E-state index is 0.171. The molecule has 1 atom stereocenters. The van der Waals surface area contributed by atoms with Crippen molar-refractivity contribution in [3.8, 4) is 0 Å². The Bertz CT molecular complexity index is 936. The van der Waals surface area contributed by atoms with Gasteiger partial charge < -0.3 is 4.90 Å². The van der Waals surface area contributed by atoms with Gasteiger partial charge in [-0.15, -0.1) is 11.3 Å². The Morgan fingerprint density at radius 1 is 1.08 bits per heavy atom. The number of aryl methyl sites for hydroxylation is 1. The second kappa shape index (κ2) is 5.57. The van der Waals surface area contributed by atoms with Crippen LogP contribution in [-0.4, -0.2) is 4.98 Å². The second-order valence-electron chi connectivity index (χ2n) is 7.63. The highest BCUT2D eigenvalue weighted by molar-refractivity contribution is 7.19. The van der Waals surface area contributed by atoms with E-state index in [0.717, 1.165) is 0 Å². The number of anilines is 1. The molecule has 0 saturated heterocycles. The third kappa shape index (κ3) is 2.05. The lowest BCUT2D eigenvalue weighted by Crippen LogP contribution is -2.44. The van der Waals surface area contributed by atoms with Gasteiger partial charge in [-0.3, -0.25) is 0 Å². The number of benzene rings is 1. The summed E-state index contributed by atoms with van der Waals surface area (Å²) in [7, 11) is 0. The number of hydrogen-bond acceptors (Lipinski definition) is 3. The van der Waals surface area contributed by atoms with Gasteiger partial charge >= 0.3 is 0 Å². The van der Waals surface area contributed by atoms with Crippen molar-refractivity contribution in [1.29, 1.82) is 0 Å². The SMILES string of the molecule is Cc1ccccc1N1[C@@H](C)c2c(sc3ncccc23)C12CCCCC2. The summed E-state index contributed by atoms with van der Waals surface area (Å²) in [5, 5.41) is 1.37. The molecule has 1 aromatic carbocycles. The van der Waals surface area contributed by atoms with Gasteiger partial charge in [0.2, 0.25) is 0 Å². The molecule has 0 unspecified atom stereocenters. The molecule has 0 N–H and O–H groups in total. The third-order valence-corrected chi connectivity index (χ3v) is 7.57. The molecule has 1 aliphatic carbocycles. The van der Waals surface area contributed by atoms with Gasteiger partial charge in [-0.25, -0.2) is 4.98 Å². The summed E-state index contributed by atoms with van der Waals surface area (Å²) in [6.45, 7) is 4.65. The molecule has 2 aromatic heterocycles. The summed E-state index contributed by atoms with van der Waals surface area (Å²) in [6, 6.07) is 13.7. The van der Waals surface area contributed by atoms with E-state index in [4.69, 9.17) is 0 Å². The van der Waals surface area contributed by atoms with Crippen LogP contribution in [0, 0.1) is 6.92 Å². The van der Waals surface area contributed by atoms with Crippen LogP contribution in [0.15, 0.2) is 42.6 Å². The first-order valence-electron chi connectivity index (χ1n) is 9.45. The lowest BCUT2D eigenvalue weighted by Gasteiger charge is -2.45. The van der Waals surface area contributed by atoms with E-state index >= 15 is 0 Å². The molecule has 1 spiro atoms. The van der Waals surface area contributed by atoms with Crippen LogP contribution in [-0.2, 0) is 5.54 Å². The molecule has 0 amide bonds. The van der Waals surface area contributed by atoms with Crippen LogP contribution >= 0.6 is 11.3 Å². The predicted molar refractivity (Wildman–Crippen MR) is 106 cm³/mol. The molecule has 3 heterocycles. The zero-order valence-corrected chi connectivity index (χ0v) is 15.8. The molecule has 1 fully saturated rings. The van der Waals surface area contributed by atoms with E-state index in [-0.39, 0.29) is 5.54 Å². The molecular formula is C22H24N2S. The maximum Gasteiger partial charge on any atom is 0.123 e. The summed E-state index contributed by atoms with van der Waals surface area (Å²) in [4.78, 5) is 10.2. The summed E-state index contributed by atoms with van der Waals surface area (Å²) in [5.74, 6) is 0. The summed E-state index contributed by atoms with van der Waals surface area (Å²) >= 11 is 1.95. The van der Waals surface area contributed by atoms with E-state index in [0.29, 0.717) is 6.04 Å². The highest BCUT2D eigenvalue weighted by Crippen LogP contribution is 2.59. The van der Waals surface area contributed by atoms with Gasteiger partial charge in [-0.05, 0) is 44.4 Å². The van der Waals surface area contributed by atoms with E-state index in [2.05, 4.69) is 60.1 Å². The minimum Gasteiger partial charge on any atom is -0.354 e. The van der Waals surface area contributed by atoms with Crippen molar-refractivity contribution in [3.05, 3.63) is 58.6 Å². The maximum absolute atomic E-state index is 4.67. The summed E-state index contributed by atoms with van der Waals surface area (Å²) < 4.78 is 0. The van der Waals surface area contributed by atoms with Crippen molar-refractivity contribution in [2.45, 2.75) is 57.5 Å². The fraction of sp³-hybridized carbons (Fsp3) is 0.409. The van der Waals surface area contributed by atoms with Crippen LogP contribution in [0.5, 0.6) is 0 Å². The van der Waals surface area contributed by atoms with Gasteiger partial charge in [-0.1, -0.05) is 43.5 Å². The maximum atomic E-state index is 4.67. The van der Waals surface area contributed by atoms with Gasteiger partial charge in [0.15, 0.2) is 0 Å². The van der Waals surface area contributed by atoms with Crippen molar-refractivity contribution < 1.29 is 0 Å². The van der Waals surface area contributed by atoms with E-state index < -0.39 is 0 Å². The average molecular weight is 349 g/mol. The Kier molecular flexibility index (Phi) is 3.43. The van der Waals surface area contributed by atoms with Crippen LogP contribution in [0.4, 0.5) is 5.69 Å². The number of hydrogen-bond donors (Lipinski definition) is 0. The van der Waals surface area contributed by atoms with E-state index in [9.17, 15) is 0 Å². The Labute approximate surface area is 153 Å². The summed E-state index contributed by atoms with van der Waals surface area (Å²) in [5.41, 5.74) is 4.51. The van der Waals surface area contributed by atoms with Gasteiger partial charge in [-0.2, -0.15) is 0 Å². The molecule has 128 valence electrons. The molecule has 3 heteroatoms. The largest absolute Gasteiger partial charge is 0.354 e. The molecule has 0 bridgehead atoms. The Hall–Kier alpha value is -1.87. The average Bonchev–Trinajstić information content (AvgIpc) is 3.13. The van der Waals surface area contributed by atoms with Crippen molar-refractivity contribution in [2.75, 3.05) is 4.90 Å². The first-order valence-corrected chi connectivity index (χ1v) is 10.3. The van der Waals surface area contributed by atoms with Crippen molar-refractivity contribution >= 4 is 27.2 Å². The number of fused-ring (bicyclic) bond motifs is 4. The third-order valence-electron chi connectivity index (χ3n) is 6.25. The number of thiophene rings is 1. The van der Waals surface area contributed by atoms with Crippen LogP contribution in [0.25, 0.3) is 10.2 Å². The van der Waals surface area contributed by atoms with Gasteiger partial charge in [0.05, 0.1) is 11.6 Å².